The van der Waals surface area contributed by atoms with Crippen molar-refractivity contribution in [3.63, 3.8) is 0 Å². The molecule has 27 heavy (non-hydrogen) atoms. The molecule has 2 saturated heterocycles. The summed E-state index contributed by atoms with van der Waals surface area (Å²) in [5, 5.41) is 19.7. The molecular formula is C20H25F2NO4. The molecule has 5 nitrogen and oxygen atoms in total. The van der Waals surface area contributed by atoms with Gasteiger partial charge in [-0.1, -0.05) is 6.07 Å². The zero-order valence-corrected chi connectivity index (χ0v) is 15.2. The summed E-state index contributed by atoms with van der Waals surface area (Å²) in [4.78, 5) is 25.0. The van der Waals surface area contributed by atoms with Gasteiger partial charge >= 0.3 is 5.97 Å². The van der Waals surface area contributed by atoms with Crippen molar-refractivity contribution in [1.29, 1.82) is 0 Å². The number of carboxylic acids is 1. The fraction of sp³-hybridized carbons (Fsp3) is 0.600. The van der Waals surface area contributed by atoms with Gasteiger partial charge in [0.15, 0.2) is 0 Å². The van der Waals surface area contributed by atoms with Crippen molar-refractivity contribution < 1.29 is 28.6 Å². The second kappa shape index (κ2) is 7.92. The van der Waals surface area contributed by atoms with Crippen molar-refractivity contribution in [3.8, 4) is 0 Å². The summed E-state index contributed by atoms with van der Waals surface area (Å²) >= 11 is 0. The Morgan fingerprint density at radius 2 is 1.74 bits per heavy atom. The van der Waals surface area contributed by atoms with Crippen LogP contribution in [0, 0.1) is 11.6 Å². The van der Waals surface area contributed by atoms with Crippen LogP contribution < -0.4 is 0 Å². The van der Waals surface area contributed by atoms with Gasteiger partial charge in [0.25, 0.3) is 0 Å². The van der Waals surface area contributed by atoms with E-state index in [9.17, 15) is 23.5 Å². The topological polar surface area (TPSA) is 77.8 Å². The van der Waals surface area contributed by atoms with Crippen LogP contribution in [0.4, 0.5) is 8.78 Å². The summed E-state index contributed by atoms with van der Waals surface area (Å²) < 4.78 is 27.1. The first-order valence-corrected chi connectivity index (χ1v) is 9.47. The number of aliphatic carboxylic acids is 1. The molecule has 3 rings (SSSR count). The lowest BCUT2D eigenvalue weighted by atomic mass is 9.81. The number of rotatable bonds is 7. The normalized spacial score (nSPS) is 27.0. The number of fused-ring (bicyclic) bond motifs is 2. The molecule has 2 bridgehead atoms. The summed E-state index contributed by atoms with van der Waals surface area (Å²) in [6, 6.07) is 3.22. The molecular weight excluding hydrogens is 356 g/mol. The molecule has 148 valence electrons. The van der Waals surface area contributed by atoms with Gasteiger partial charge in [0, 0.05) is 37.4 Å². The van der Waals surface area contributed by atoms with Gasteiger partial charge in [0.1, 0.15) is 11.6 Å². The number of unbranched alkanes of at least 4 members (excludes halogenated alkanes) is 1. The molecule has 0 radical (unpaired) electrons. The summed E-state index contributed by atoms with van der Waals surface area (Å²) in [6.07, 6.45) is 3.84. The third kappa shape index (κ3) is 4.64. The summed E-state index contributed by atoms with van der Waals surface area (Å²) in [7, 11) is 0. The average Bonchev–Trinajstić information content (AvgIpc) is 2.87. The van der Waals surface area contributed by atoms with Crippen molar-refractivity contribution in [2.24, 2.45) is 0 Å². The molecule has 2 atom stereocenters. The Hall–Kier alpha value is -2.02. The van der Waals surface area contributed by atoms with Crippen molar-refractivity contribution >= 4 is 11.9 Å². The predicted molar refractivity (Wildman–Crippen MR) is 94.0 cm³/mol. The quantitative estimate of drug-likeness (QED) is 0.712. The number of benzene rings is 1. The van der Waals surface area contributed by atoms with Crippen LogP contribution in [0.5, 0.6) is 0 Å². The van der Waals surface area contributed by atoms with Crippen molar-refractivity contribution in [2.75, 3.05) is 0 Å². The lowest BCUT2D eigenvalue weighted by Crippen LogP contribution is -2.54. The van der Waals surface area contributed by atoms with E-state index < -0.39 is 23.2 Å². The molecule has 2 heterocycles. The van der Waals surface area contributed by atoms with Crippen LogP contribution in [0.15, 0.2) is 18.2 Å². The number of carbonyl (C=O) groups excluding carboxylic acids is 1. The van der Waals surface area contributed by atoms with E-state index in [1.54, 1.807) is 0 Å². The van der Waals surface area contributed by atoms with E-state index in [2.05, 4.69) is 0 Å². The van der Waals surface area contributed by atoms with Crippen LogP contribution in [0.2, 0.25) is 0 Å². The molecule has 0 spiro atoms. The molecule has 1 aromatic rings. The second-order valence-corrected chi connectivity index (χ2v) is 7.83. The van der Waals surface area contributed by atoms with E-state index in [-0.39, 0.29) is 36.4 Å². The minimum Gasteiger partial charge on any atom is -0.481 e. The van der Waals surface area contributed by atoms with Crippen molar-refractivity contribution in [1.82, 2.24) is 4.90 Å². The molecule has 2 aliphatic rings. The average molecular weight is 381 g/mol. The lowest BCUT2D eigenvalue weighted by molar-refractivity contribution is -0.142. The largest absolute Gasteiger partial charge is 0.481 e. The molecule has 1 aromatic carbocycles. The van der Waals surface area contributed by atoms with Gasteiger partial charge in [-0.2, -0.15) is 0 Å². The fourth-order valence-corrected chi connectivity index (χ4v) is 4.58. The van der Waals surface area contributed by atoms with Gasteiger partial charge in [-0.15, -0.1) is 0 Å². The maximum Gasteiger partial charge on any atom is 0.303 e. The van der Waals surface area contributed by atoms with Crippen molar-refractivity contribution in [3.05, 3.63) is 35.4 Å². The maximum absolute atomic E-state index is 14.0. The number of hydrogen-bond donors (Lipinski definition) is 2. The van der Waals surface area contributed by atoms with Crippen molar-refractivity contribution in [2.45, 2.75) is 75.5 Å². The summed E-state index contributed by atoms with van der Waals surface area (Å²) in [6.45, 7) is 0. The highest BCUT2D eigenvalue weighted by Gasteiger charge is 2.49. The first-order valence-electron chi connectivity index (χ1n) is 9.47. The van der Waals surface area contributed by atoms with Crippen LogP contribution in [0.3, 0.4) is 0 Å². The maximum atomic E-state index is 14.0. The van der Waals surface area contributed by atoms with E-state index in [0.717, 1.165) is 18.9 Å². The van der Waals surface area contributed by atoms with Crippen LogP contribution in [-0.2, 0) is 16.0 Å². The number of carboxylic acid groups (broad SMARTS) is 1. The van der Waals surface area contributed by atoms with Crippen LogP contribution in [0.25, 0.3) is 0 Å². The van der Waals surface area contributed by atoms with Gasteiger partial charge in [-0.3, -0.25) is 9.59 Å². The standard InChI is InChI=1S/C20H25F2NO4/c21-14-6-5-13(17(22)9-14)10-20(27)11-15-7-8-16(12-20)23(15)18(24)3-1-2-4-19(25)26/h5-6,9,15-16,27H,1-4,7-8,10-12H2,(H,25,26). The molecule has 2 aliphatic heterocycles. The molecule has 0 aliphatic carbocycles. The highest BCUT2D eigenvalue weighted by Crippen LogP contribution is 2.42. The Morgan fingerprint density at radius 3 is 2.33 bits per heavy atom. The number of carbonyl (C=O) groups is 2. The lowest BCUT2D eigenvalue weighted by Gasteiger charge is -2.44. The minimum absolute atomic E-state index is 0.00269. The van der Waals surface area contributed by atoms with E-state index in [1.807, 2.05) is 4.90 Å². The smallest absolute Gasteiger partial charge is 0.303 e. The van der Waals surface area contributed by atoms with Gasteiger partial charge in [0.05, 0.1) is 5.60 Å². The number of aliphatic hydroxyl groups is 1. The monoisotopic (exact) mass is 381 g/mol. The van der Waals surface area contributed by atoms with Gasteiger partial charge in [-0.25, -0.2) is 8.78 Å². The number of amides is 1. The Labute approximate surface area is 157 Å². The van der Waals surface area contributed by atoms with E-state index in [0.29, 0.717) is 32.1 Å². The molecule has 7 heteroatoms. The zero-order chi connectivity index (χ0) is 19.6. The van der Waals surface area contributed by atoms with E-state index >= 15 is 0 Å². The number of hydrogen-bond acceptors (Lipinski definition) is 3. The fourth-order valence-electron chi connectivity index (χ4n) is 4.58. The predicted octanol–water partition coefficient (Wildman–Crippen LogP) is 3.04. The minimum atomic E-state index is -1.11. The molecule has 0 aromatic heterocycles. The van der Waals surface area contributed by atoms with Gasteiger partial charge in [0.2, 0.25) is 5.91 Å². The number of halogens is 2. The Kier molecular flexibility index (Phi) is 5.79. The Morgan fingerprint density at radius 1 is 1.11 bits per heavy atom. The van der Waals surface area contributed by atoms with E-state index in [1.165, 1.54) is 12.1 Å². The van der Waals surface area contributed by atoms with Crippen LogP contribution in [-0.4, -0.2) is 44.7 Å². The Bertz CT molecular complexity index is 710. The van der Waals surface area contributed by atoms with Crippen LogP contribution in [0.1, 0.15) is 56.9 Å². The SMILES string of the molecule is O=C(O)CCCCC(=O)N1C2CCC1CC(O)(Cc1ccc(F)cc1F)C2. The summed E-state index contributed by atoms with van der Waals surface area (Å²) in [5.41, 5.74) is -0.823. The molecule has 1 amide bonds. The molecule has 2 unspecified atom stereocenters. The number of nitrogens with zero attached hydrogens (tertiary/aromatic N) is 1. The Balaban J connectivity index is 1.60. The molecule has 2 fully saturated rings. The number of piperidine rings is 1. The first kappa shape index (κ1) is 19.7. The van der Waals surface area contributed by atoms with E-state index in [4.69, 9.17) is 5.11 Å². The zero-order valence-electron chi connectivity index (χ0n) is 15.2. The highest BCUT2D eigenvalue weighted by molar-refractivity contribution is 5.77. The third-order valence-electron chi connectivity index (χ3n) is 5.70. The first-order chi connectivity index (χ1) is 12.8. The van der Waals surface area contributed by atoms with Gasteiger partial charge in [-0.05, 0) is 50.2 Å². The molecule has 2 N–H and O–H groups in total. The van der Waals surface area contributed by atoms with Gasteiger partial charge < -0.3 is 15.1 Å². The summed E-state index contributed by atoms with van der Waals surface area (Å²) in [5.74, 6) is -2.17. The second-order valence-electron chi connectivity index (χ2n) is 7.83. The van der Waals surface area contributed by atoms with Crippen LogP contribution >= 0.6 is 0 Å². The highest BCUT2D eigenvalue weighted by atomic mass is 19.1. The third-order valence-corrected chi connectivity index (χ3v) is 5.70. The molecule has 0 saturated carbocycles.